The highest BCUT2D eigenvalue weighted by Crippen LogP contribution is 2.23. The number of hydrogen-bond donors (Lipinski definition) is 1. The second-order valence-corrected chi connectivity index (χ2v) is 3.61. The number of rotatable bonds is 3. The molecule has 0 aliphatic heterocycles. The molecule has 0 aliphatic carbocycles. The van der Waals surface area contributed by atoms with Crippen molar-refractivity contribution < 1.29 is 9.53 Å². The standard InChI is InChI=1S/C10H12ClNO2/c1-6(2)14-9-4-3-7(11)5-8(9)10(12)13/h3-6H,1-2H3,(H2,12,13). The monoisotopic (exact) mass is 213 g/mol. The highest BCUT2D eigenvalue weighted by atomic mass is 35.5. The topological polar surface area (TPSA) is 52.3 Å². The van der Waals surface area contributed by atoms with Crippen molar-refractivity contribution in [2.45, 2.75) is 20.0 Å². The lowest BCUT2D eigenvalue weighted by atomic mass is 10.2. The van der Waals surface area contributed by atoms with Gasteiger partial charge in [0.15, 0.2) is 0 Å². The maximum atomic E-state index is 11.0. The molecule has 14 heavy (non-hydrogen) atoms. The molecular formula is C10H12ClNO2. The first-order chi connectivity index (χ1) is 6.50. The predicted molar refractivity (Wildman–Crippen MR) is 55.7 cm³/mol. The number of hydrogen-bond acceptors (Lipinski definition) is 2. The minimum absolute atomic E-state index is 0.00530. The van der Waals surface area contributed by atoms with E-state index in [0.29, 0.717) is 16.3 Å². The Morgan fingerprint density at radius 1 is 1.50 bits per heavy atom. The van der Waals surface area contributed by atoms with Gasteiger partial charge in [-0.15, -0.1) is 0 Å². The molecule has 4 heteroatoms. The van der Waals surface area contributed by atoms with Gasteiger partial charge >= 0.3 is 0 Å². The second-order valence-electron chi connectivity index (χ2n) is 3.17. The summed E-state index contributed by atoms with van der Waals surface area (Å²) in [5, 5.41) is 0.468. The first kappa shape index (κ1) is 10.9. The van der Waals surface area contributed by atoms with Crippen LogP contribution in [0, 0.1) is 0 Å². The summed E-state index contributed by atoms with van der Waals surface area (Å²) in [7, 11) is 0. The Bertz CT molecular complexity index is 350. The van der Waals surface area contributed by atoms with E-state index in [1.165, 1.54) is 6.07 Å². The number of primary amides is 1. The van der Waals surface area contributed by atoms with Crippen LogP contribution in [0.2, 0.25) is 5.02 Å². The molecule has 0 atom stereocenters. The van der Waals surface area contributed by atoms with Gasteiger partial charge in [0.1, 0.15) is 5.75 Å². The second kappa shape index (κ2) is 4.33. The number of benzene rings is 1. The normalized spacial score (nSPS) is 10.3. The number of nitrogens with two attached hydrogens (primary N) is 1. The molecule has 0 heterocycles. The van der Waals surface area contributed by atoms with Gasteiger partial charge in [-0.25, -0.2) is 0 Å². The molecule has 1 aromatic rings. The third kappa shape index (κ3) is 2.64. The van der Waals surface area contributed by atoms with E-state index in [4.69, 9.17) is 22.1 Å². The first-order valence-corrected chi connectivity index (χ1v) is 4.64. The van der Waals surface area contributed by atoms with E-state index in [1.54, 1.807) is 12.1 Å². The predicted octanol–water partition coefficient (Wildman–Crippen LogP) is 2.23. The molecule has 0 unspecified atom stereocenters. The van der Waals surface area contributed by atoms with Crippen LogP contribution in [0.3, 0.4) is 0 Å². The number of ether oxygens (including phenoxy) is 1. The Morgan fingerprint density at radius 2 is 2.14 bits per heavy atom. The van der Waals surface area contributed by atoms with E-state index >= 15 is 0 Å². The maximum Gasteiger partial charge on any atom is 0.252 e. The van der Waals surface area contributed by atoms with Crippen molar-refractivity contribution in [1.82, 2.24) is 0 Å². The van der Waals surface area contributed by atoms with Gasteiger partial charge in [0.25, 0.3) is 5.91 Å². The fourth-order valence-corrected chi connectivity index (χ4v) is 1.22. The van der Waals surface area contributed by atoms with Gasteiger partial charge < -0.3 is 10.5 Å². The molecule has 0 spiro atoms. The van der Waals surface area contributed by atoms with Crippen LogP contribution in [-0.4, -0.2) is 12.0 Å². The van der Waals surface area contributed by atoms with Crippen molar-refractivity contribution >= 4 is 17.5 Å². The number of carbonyl (C=O) groups excluding carboxylic acids is 1. The number of carbonyl (C=O) groups is 1. The highest BCUT2D eigenvalue weighted by Gasteiger charge is 2.10. The van der Waals surface area contributed by atoms with Crippen LogP contribution in [0.4, 0.5) is 0 Å². The lowest BCUT2D eigenvalue weighted by Crippen LogP contribution is -2.15. The molecule has 0 saturated carbocycles. The van der Waals surface area contributed by atoms with Gasteiger partial charge in [-0.05, 0) is 32.0 Å². The van der Waals surface area contributed by atoms with E-state index in [1.807, 2.05) is 13.8 Å². The Hall–Kier alpha value is -1.22. The van der Waals surface area contributed by atoms with Crippen molar-refractivity contribution in [3.05, 3.63) is 28.8 Å². The van der Waals surface area contributed by atoms with Gasteiger partial charge in [-0.2, -0.15) is 0 Å². The molecule has 1 aromatic carbocycles. The summed E-state index contributed by atoms with van der Waals surface area (Å²) < 4.78 is 5.40. The van der Waals surface area contributed by atoms with E-state index in [2.05, 4.69) is 0 Å². The van der Waals surface area contributed by atoms with E-state index < -0.39 is 5.91 Å². The van der Waals surface area contributed by atoms with Crippen LogP contribution in [-0.2, 0) is 0 Å². The zero-order chi connectivity index (χ0) is 10.7. The largest absolute Gasteiger partial charge is 0.490 e. The van der Waals surface area contributed by atoms with E-state index in [0.717, 1.165) is 0 Å². The van der Waals surface area contributed by atoms with Crippen LogP contribution < -0.4 is 10.5 Å². The summed E-state index contributed by atoms with van der Waals surface area (Å²) in [5.41, 5.74) is 5.49. The van der Waals surface area contributed by atoms with Crippen molar-refractivity contribution in [3.63, 3.8) is 0 Å². The Kier molecular flexibility index (Phi) is 3.36. The summed E-state index contributed by atoms with van der Waals surface area (Å²) in [6.45, 7) is 3.75. The smallest absolute Gasteiger partial charge is 0.252 e. The summed E-state index contributed by atoms with van der Waals surface area (Å²) in [5.74, 6) is -0.0694. The molecule has 0 bridgehead atoms. The fraction of sp³-hybridized carbons (Fsp3) is 0.300. The molecule has 1 rings (SSSR count). The van der Waals surface area contributed by atoms with E-state index in [-0.39, 0.29) is 6.10 Å². The van der Waals surface area contributed by atoms with Crippen LogP contribution in [0.5, 0.6) is 5.75 Å². The number of amides is 1. The molecule has 0 aliphatic rings. The van der Waals surface area contributed by atoms with Gasteiger partial charge in [-0.1, -0.05) is 11.6 Å². The third-order valence-corrected chi connectivity index (χ3v) is 1.80. The molecule has 76 valence electrons. The molecule has 3 nitrogen and oxygen atoms in total. The molecule has 0 aromatic heterocycles. The van der Waals surface area contributed by atoms with Crippen LogP contribution in [0.1, 0.15) is 24.2 Å². The Balaban J connectivity index is 3.08. The first-order valence-electron chi connectivity index (χ1n) is 4.26. The van der Waals surface area contributed by atoms with Crippen molar-refractivity contribution in [1.29, 1.82) is 0 Å². The van der Waals surface area contributed by atoms with Crippen molar-refractivity contribution in [2.24, 2.45) is 5.73 Å². The SMILES string of the molecule is CC(C)Oc1ccc(Cl)cc1C(N)=O. The zero-order valence-electron chi connectivity index (χ0n) is 8.08. The summed E-state index contributed by atoms with van der Waals surface area (Å²) in [4.78, 5) is 11.0. The molecule has 0 saturated heterocycles. The lowest BCUT2D eigenvalue weighted by molar-refractivity contribution is 0.0994. The average Bonchev–Trinajstić information content (AvgIpc) is 2.07. The summed E-state index contributed by atoms with van der Waals surface area (Å²) in [6.07, 6.45) is -0.00530. The molecule has 1 amide bonds. The van der Waals surface area contributed by atoms with Gasteiger partial charge in [0, 0.05) is 5.02 Å². The van der Waals surface area contributed by atoms with Gasteiger partial charge in [0.05, 0.1) is 11.7 Å². The highest BCUT2D eigenvalue weighted by molar-refractivity contribution is 6.31. The average molecular weight is 214 g/mol. The van der Waals surface area contributed by atoms with E-state index in [9.17, 15) is 4.79 Å². The molecular weight excluding hydrogens is 202 g/mol. The lowest BCUT2D eigenvalue weighted by Gasteiger charge is -2.12. The third-order valence-electron chi connectivity index (χ3n) is 1.57. The Morgan fingerprint density at radius 3 is 2.64 bits per heavy atom. The Labute approximate surface area is 87.8 Å². The minimum atomic E-state index is -0.539. The maximum absolute atomic E-state index is 11.0. The summed E-state index contributed by atoms with van der Waals surface area (Å²) >= 11 is 5.73. The van der Waals surface area contributed by atoms with Crippen LogP contribution in [0.15, 0.2) is 18.2 Å². The van der Waals surface area contributed by atoms with Gasteiger partial charge in [-0.3, -0.25) is 4.79 Å². The van der Waals surface area contributed by atoms with Crippen molar-refractivity contribution in [2.75, 3.05) is 0 Å². The van der Waals surface area contributed by atoms with Gasteiger partial charge in [0.2, 0.25) is 0 Å². The van der Waals surface area contributed by atoms with Crippen LogP contribution in [0.25, 0.3) is 0 Å². The van der Waals surface area contributed by atoms with Crippen molar-refractivity contribution in [3.8, 4) is 5.75 Å². The quantitative estimate of drug-likeness (QED) is 0.837. The number of halogens is 1. The van der Waals surface area contributed by atoms with Crippen LogP contribution >= 0.6 is 11.6 Å². The fourth-order valence-electron chi connectivity index (χ4n) is 1.05. The molecule has 0 fully saturated rings. The zero-order valence-corrected chi connectivity index (χ0v) is 8.84. The molecule has 2 N–H and O–H groups in total. The molecule has 0 radical (unpaired) electrons. The summed E-state index contributed by atoms with van der Waals surface area (Å²) in [6, 6.07) is 4.80. The minimum Gasteiger partial charge on any atom is -0.490 e.